The number of carbonyl (C=O) groups is 1. The molecular weight excluding hydrogens is 286 g/mol. The van der Waals surface area contributed by atoms with E-state index in [2.05, 4.69) is 15.2 Å². The van der Waals surface area contributed by atoms with Crippen LogP contribution >= 0.6 is 11.3 Å². The largest absolute Gasteiger partial charge is 0.477 e. The summed E-state index contributed by atoms with van der Waals surface area (Å²) in [5.41, 5.74) is 0.488. The Morgan fingerprint density at radius 3 is 2.76 bits per heavy atom. The maximum absolute atomic E-state index is 11.4. The summed E-state index contributed by atoms with van der Waals surface area (Å²) >= 11 is 1.34. The number of carboxylic acid groups (broad SMARTS) is 1. The Kier molecular flexibility index (Phi) is 5.35. The number of hydrogen-bond acceptors (Lipinski definition) is 5. The minimum atomic E-state index is -0.859. The molecule has 21 heavy (non-hydrogen) atoms. The van der Waals surface area contributed by atoms with Gasteiger partial charge in [-0.25, -0.2) is 9.78 Å². The maximum atomic E-state index is 11.4. The lowest BCUT2D eigenvalue weighted by molar-refractivity contribution is 0.0699. The van der Waals surface area contributed by atoms with Crippen LogP contribution in [0.4, 0.5) is 0 Å². The third-order valence-corrected chi connectivity index (χ3v) is 4.75. The molecule has 0 amide bonds. The Morgan fingerprint density at radius 1 is 1.38 bits per heavy atom. The van der Waals surface area contributed by atoms with Gasteiger partial charge in [0, 0.05) is 31.5 Å². The summed E-state index contributed by atoms with van der Waals surface area (Å²) in [6.45, 7) is 11.3. The highest BCUT2D eigenvalue weighted by molar-refractivity contribution is 7.13. The lowest BCUT2D eigenvalue weighted by Gasteiger charge is -2.18. The molecule has 0 radical (unpaired) electrons. The summed E-state index contributed by atoms with van der Waals surface area (Å²) in [7, 11) is 0. The molecule has 0 bridgehead atoms. The molecule has 1 fully saturated rings. The van der Waals surface area contributed by atoms with Crippen LogP contribution in [0.5, 0.6) is 0 Å². The molecule has 0 spiro atoms. The molecule has 0 unspecified atom stereocenters. The zero-order valence-corrected chi connectivity index (χ0v) is 13.9. The first kappa shape index (κ1) is 16.4. The average molecular weight is 311 g/mol. The van der Waals surface area contributed by atoms with Gasteiger partial charge in [0.25, 0.3) is 0 Å². The molecule has 1 aliphatic heterocycles. The molecule has 0 aromatic carbocycles. The number of hydrogen-bond donors (Lipinski definition) is 2. The fourth-order valence-corrected chi connectivity index (χ4v) is 3.61. The first-order chi connectivity index (χ1) is 9.88. The molecule has 1 aromatic heterocycles. The van der Waals surface area contributed by atoms with E-state index in [9.17, 15) is 9.90 Å². The molecule has 118 valence electrons. The van der Waals surface area contributed by atoms with E-state index in [0.717, 1.165) is 44.2 Å². The lowest BCUT2D eigenvalue weighted by Crippen LogP contribution is -2.30. The molecule has 0 saturated carbocycles. The normalized spacial score (nSPS) is 17.7. The molecule has 6 heteroatoms. The summed E-state index contributed by atoms with van der Waals surface area (Å²) in [5.74, 6) is -0.859. The fraction of sp³-hybridized carbons (Fsp3) is 0.733. The van der Waals surface area contributed by atoms with Gasteiger partial charge in [-0.2, -0.15) is 0 Å². The van der Waals surface area contributed by atoms with Crippen LogP contribution in [0.15, 0.2) is 0 Å². The van der Waals surface area contributed by atoms with E-state index in [0.29, 0.717) is 10.6 Å². The van der Waals surface area contributed by atoms with E-state index in [-0.39, 0.29) is 5.41 Å². The first-order valence-corrected chi connectivity index (χ1v) is 8.36. The second-order valence-electron chi connectivity index (χ2n) is 6.54. The molecule has 2 rings (SSSR count). The van der Waals surface area contributed by atoms with E-state index in [1.807, 2.05) is 20.8 Å². The maximum Gasteiger partial charge on any atom is 0.347 e. The number of nitrogens with one attached hydrogen (secondary N) is 1. The predicted molar refractivity (Wildman–Crippen MR) is 85.4 cm³/mol. The van der Waals surface area contributed by atoms with E-state index < -0.39 is 5.97 Å². The van der Waals surface area contributed by atoms with Crippen LogP contribution in [-0.2, 0) is 11.8 Å². The van der Waals surface area contributed by atoms with Crippen molar-refractivity contribution in [1.29, 1.82) is 0 Å². The van der Waals surface area contributed by atoms with Crippen molar-refractivity contribution >= 4 is 17.3 Å². The first-order valence-electron chi connectivity index (χ1n) is 7.54. The smallest absolute Gasteiger partial charge is 0.347 e. The minimum absolute atomic E-state index is 0.227. The highest BCUT2D eigenvalue weighted by Gasteiger charge is 2.26. The predicted octanol–water partition coefficient (Wildman–Crippen LogP) is 1.98. The van der Waals surface area contributed by atoms with Gasteiger partial charge in [0.15, 0.2) is 0 Å². The van der Waals surface area contributed by atoms with Gasteiger partial charge in [0.2, 0.25) is 0 Å². The Balaban J connectivity index is 2.05. The number of thiazole rings is 1. The summed E-state index contributed by atoms with van der Waals surface area (Å²) in [5, 5.41) is 13.7. The Morgan fingerprint density at radius 2 is 2.14 bits per heavy atom. The topological polar surface area (TPSA) is 65.5 Å². The van der Waals surface area contributed by atoms with Crippen molar-refractivity contribution in [2.24, 2.45) is 0 Å². The quantitative estimate of drug-likeness (QED) is 0.890. The highest BCUT2D eigenvalue weighted by Crippen LogP contribution is 2.29. The standard InChI is InChI=1S/C15H25N3O2S/c1-15(2,3)13-12(14(19)20)21-11(17-13)5-9-18-8-4-6-16-7-10-18/h16H,4-10H2,1-3H3,(H,19,20). The van der Waals surface area contributed by atoms with Crippen molar-refractivity contribution in [1.82, 2.24) is 15.2 Å². The number of nitrogens with zero attached hydrogens (tertiary/aromatic N) is 2. The van der Waals surface area contributed by atoms with E-state index in [4.69, 9.17) is 0 Å². The van der Waals surface area contributed by atoms with Gasteiger partial charge in [-0.15, -0.1) is 11.3 Å². The van der Waals surface area contributed by atoms with Gasteiger partial charge in [-0.3, -0.25) is 0 Å². The molecule has 0 aliphatic carbocycles. The third kappa shape index (κ3) is 4.49. The zero-order valence-electron chi connectivity index (χ0n) is 13.1. The summed E-state index contributed by atoms with van der Waals surface area (Å²) < 4.78 is 0. The van der Waals surface area contributed by atoms with Gasteiger partial charge < -0.3 is 15.3 Å². The van der Waals surface area contributed by atoms with Gasteiger partial charge >= 0.3 is 5.97 Å². The van der Waals surface area contributed by atoms with Crippen LogP contribution in [0.25, 0.3) is 0 Å². The molecule has 0 atom stereocenters. The van der Waals surface area contributed by atoms with Crippen molar-refractivity contribution < 1.29 is 9.90 Å². The summed E-state index contributed by atoms with van der Waals surface area (Å²) in [4.78, 5) is 18.8. The molecule has 1 saturated heterocycles. The van der Waals surface area contributed by atoms with Gasteiger partial charge in [-0.05, 0) is 19.5 Å². The van der Waals surface area contributed by atoms with Crippen LogP contribution in [0, 0.1) is 0 Å². The van der Waals surface area contributed by atoms with E-state index in [1.165, 1.54) is 17.8 Å². The van der Waals surface area contributed by atoms with Crippen molar-refractivity contribution in [2.75, 3.05) is 32.7 Å². The number of aromatic nitrogens is 1. The second-order valence-corrected chi connectivity index (χ2v) is 7.62. The molecular formula is C15H25N3O2S. The average Bonchev–Trinajstić information content (AvgIpc) is 2.67. The molecule has 1 aromatic rings. The van der Waals surface area contributed by atoms with Crippen LogP contribution in [0.1, 0.15) is 47.6 Å². The Labute approximate surface area is 130 Å². The van der Waals surface area contributed by atoms with E-state index in [1.54, 1.807) is 0 Å². The SMILES string of the molecule is CC(C)(C)c1nc(CCN2CCCNCC2)sc1C(=O)O. The van der Waals surface area contributed by atoms with Gasteiger partial charge in [0.1, 0.15) is 4.88 Å². The van der Waals surface area contributed by atoms with Crippen LogP contribution < -0.4 is 5.32 Å². The molecule has 2 heterocycles. The fourth-order valence-electron chi connectivity index (χ4n) is 2.50. The monoisotopic (exact) mass is 311 g/mol. The van der Waals surface area contributed by atoms with Crippen molar-refractivity contribution in [3.05, 3.63) is 15.6 Å². The number of carboxylic acids is 1. The Hall–Kier alpha value is -0.980. The van der Waals surface area contributed by atoms with Gasteiger partial charge in [0.05, 0.1) is 10.7 Å². The minimum Gasteiger partial charge on any atom is -0.477 e. The molecule has 1 aliphatic rings. The molecule has 2 N–H and O–H groups in total. The summed E-state index contributed by atoms with van der Waals surface area (Å²) in [6.07, 6.45) is 2.01. The second kappa shape index (κ2) is 6.85. The van der Waals surface area contributed by atoms with Crippen LogP contribution in [0.3, 0.4) is 0 Å². The number of aromatic carboxylic acids is 1. The highest BCUT2D eigenvalue weighted by atomic mass is 32.1. The van der Waals surface area contributed by atoms with E-state index >= 15 is 0 Å². The summed E-state index contributed by atoms with van der Waals surface area (Å²) in [6, 6.07) is 0. The van der Waals surface area contributed by atoms with Crippen molar-refractivity contribution in [3.63, 3.8) is 0 Å². The van der Waals surface area contributed by atoms with Crippen molar-refractivity contribution in [3.8, 4) is 0 Å². The van der Waals surface area contributed by atoms with Crippen LogP contribution in [-0.4, -0.2) is 53.7 Å². The zero-order chi connectivity index (χ0) is 15.5. The van der Waals surface area contributed by atoms with Crippen LogP contribution in [0.2, 0.25) is 0 Å². The third-order valence-electron chi connectivity index (χ3n) is 3.65. The lowest BCUT2D eigenvalue weighted by atomic mass is 9.91. The van der Waals surface area contributed by atoms with Crippen molar-refractivity contribution in [2.45, 2.75) is 39.0 Å². The Bertz CT molecular complexity index is 486. The number of rotatable bonds is 4. The van der Waals surface area contributed by atoms with Gasteiger partial charge in [-0.1, -0.05) is 20.8 Å². The molecule has 5 nitrogen and oxygen atoms in total.